The molecule has 4 N–H and O–H groups in total. The molecule has 1 aliphatic rings. The van der Waals surface area contributed by atoms with Crippen LogP contribution in [0, 0.1) is 5.92 Å². The van der Waals surface area contributed by atoms with E-state index in [0.29, 0.717) is 18.2 Å². The fourth-order valence-electron chi connectivity index (χ4n) is 1.37. The van der Waals surface area contributed by atoms with Gasteiger partial charge >= 0.3 is 0 Å². The van der Waals surface area contributed by atoms with Gasteiger partial charge in [-0.25, -0.2) is 4.98 Å². The molecule has 0 aromatic carbocycles. The summed E-state index contributed by atoms with van der Waals surface area (Å²) >= 11 is 0. The molecular formula is C10H15N3O. The number of nitrogens with one attached hydrogen (secondary N) is 1. The maximum atomic E-state index is 9.59. The molecule has 0 bridgehead atoms. The summed E-state index contributed by atoms with van der Waals surface area (Å²) in [7, 11) is 0. The monoisotopic (exact) mass is 193 g/mol. The van der Waals surface area contributed by atoms with Crippen molar-refractivity contribution >= 4 is 11.5 Å². The summed E-state index contributed by atoms with van der Waals surface area (Å²) in [5.74, 6) is 1.26. The van der Waals surface area contributed by atoms with Gasteiger partial charge in [0.25, 0.3) is 0 Å². The average molecular weight is 193 g/mol. The third-order valence-electron chi connectivity index (χ3n) is 2.44. The van der Waals surface area contributed by atoms with Gasteiger partial charge in [-0.1, -0.05) is 0 Å². The maximum Gasteiger partial charge on any atom is 0.126 e. The van der Waals surface area contributed by atoms with Gasteiger partial charge in [0, 0.05) is 6.54 Å². The van der Waals surface area contributed by atoms with Crippen LogP contribution in [0.2, 0.25) is 0 Å². The summed E-state index contributed by atoms with van der Waals surface area (Å²) in [4.78, 5) is 4.08. The number of aromatic nitrogens is 1. The summed E-state index contributed by atoms with van der Waals surface area (Å²) < 4.78 is 0. The first-order valence-corrected chi connectivity index (χ1v) is 4.89. The van der Waals surface area contributed by atoms with Crippen molar-refractivity contribution in [3.8, 4) is 0 Å². The number of aliphatic hydroxyl groups is 1. The topological polar surface area (TPSA) is 71.2 Å². The molecule has 4 heteroatoms. The van der Waals surface area contributed by atoms with Crippen molar-refractivity contribution in [2.75, 3.05) is 17.6 Å². The van der Waals surface area contributed by atoms with E-state index in [4.69, 9.17) is 5.73 Å². The van der Waals surface area contributed by atoms with Crippen LogP contribution in [-0.4, -0.2) is 22.7 Å². The average Bonchev–Trinajstić information content (AvgIpc) is 3.00. The number of nitrogens with two attached hydrogens (primary N) is 1. The zero-order valence-corrected chi connectivity index (χ0v) is 7.98. The lowest BCUT2D eigenvalue weighted by atomic mass is 10.2. The van der Waals surface area contributed by atoms with E-state index < -0.39 is 0 Å². The van der Waals surface area contributed by atoms with E-state index in [1.54, 1.807) is 12.3 Å². The van der Waals surface area contributed by atoms with E-state index in [1.165, 1.54) is 0 Å². The molecule has 1 fully saturated rings. The lowest BCUT2D eigenvalue weighted by Crippen LogP contribution is -2.21. The number of nitrogen functional groups attached to an aromatic ring is 1. The molecule has 14 heavy (non-hydrogen) atoms. The fourth-order valence-corrected chi connectivity index (χ4v) is 1.37. The Hall–Kier alpha value is -1.29. The van der Waals surface area contributed by atoms with Gasteiger partial charge in [-0.15, -0.1) is 0 Å². The molecule has 1 aromatic rings. The van der Waals surface area contributed by atoms with Gasteiger partial charge in [0.1, 0.15) is 5.82 Å². The zero-order valence-electron chi connectivity index (χ0n) is 7.98. The van der Waals surface area contributed by atoms with Crippen LogP contribution in [0.4, 0.5) is 11.5 Å². The Balaban J connectivity index is 1.82. The van der Waals surface area contributed by atoms with Crippen LogP contribution in [0.5, 0.6) is 0 Å². The molecule has 0 amide bonds. The zero-order chi connectivity index (χ0) is 9.97. The van der Waals surface area contributed by atoms with Crippen molar-refractivity contribution in [2.24, 2.45) is 5.92 Å². The lowest BCUT2D eigenvalue weighted by Gasteiger charge is -2.10. The van der Waals surface area contributed by atoms with Gasteiger partial charge in [0.2, 0.25) is 0 Å². The van der Waals surface area contributed by atoms with Crippen molar-refractivity contribution in [1.29, 1.82) is 0 Å². The van der Waals surface area contributed by atoms with Crippen molar-refractivity contribution < 1.29 is 5.11 Å². The van der Waals surface area contributed by atoms with Crippen molar-refractivity contribution in [2.45, 2.75) is 18.9 Å². The van der Waals surface area contributed by atoms with Gasteiger partial charge in [-0.2, -0.15) is 0 Å². The molecule has 1 aliphatic carbocycles. The summed E-state index contributed by atoms with van der Waals surface area (Å²) in [5, 5.41) is 12.7. The minimum absolute atomic E-state index is 0.241. The summed E-state index contributed by atoms with van der Waals surface area (Å²) in [6.07, 6.45) is 3.66. The van der Waals surface area contributed by atoms with E-state index in [1.807, 2.05) is 6.07 Å². The highest BCUT2D eigenvalue weighted by Crippen LogP contribution is 2.32. The Morgan fingerprint density at radius 3 is 2.93 bits per heavy atom. The molecule has 0 aliphatic heterocycles. The van der Waals surface area contributed by atoms with Crippen molar-refractivity contribution in [3.05, 3.63) is 18.3 Å². The van der Waals surface area contributed by atoms with Crippen molar-refractivity contribution in [3.63, 3.8) is 0 Å². The van der Waals surface area contributed by atoms with Crippen LogP contribution >= 0.6 is 0 Å². The Morgan fingerprint density at radius 2 is 2.36 bits per heavy atom. The predicted octanol–water partition coefficient (Wildman–Crippen LogP) is 0.847. The second-order valence-corrected chi connectivity index (χ2v) is 3.76. The minimum atomic E-state index is -0.241. The molecule has 76 valence electrons. The van der Waals surface area contributed by atoms with E-state index in [9.17, 15) is 5.11 Å². The Labute approximate surface area is 83.2 Å². The smallest absolute Gasteiger partial charge is 0.126 e. The van der Waals surface area contributed by atoms with E-state index in [2.05, 4.69) is 10.3 Å². The Bertz CT molecular complexity index is 295. The lowest BCUT2D eigenvalue weighted by molar-refractivity contribution is 0.164. The third kappa shape index (κ3) is 2.35. The second-order valence-electron chi connectivity index (χ2n) is 3.76. The SMILES string of the molecule is Nc1ccc(NCC(O)C2CC2)nc1. The van der Waals surface area contributed by atoms with Gasteiger partial charge < -0.3 is 16.2 Å². The summed E-state index contributed by atoms with van der Waals surface area (Å²) in [6.45, 7) is 0.571. The number of aliphatic hydroxyl groups excluding tert-OH is 1. The molecule has 0 radical (unpaired) electrons. The normalized spacial score (nSPS) is 17.8. The molecule has 4 nitrogen and oxygen atoms in total. The number of hydrogen-bond acceptors (Lipinski definition) is 4. The standard InChI is InChI=1S/C10H15N3O/c11-8-3-4-10(12-5-8)13-6-9(14)7-1-2-7/h3-5,7,9,14H,1-2,6,11H2,(H,12,13). The first-order valence-electron chi connectivity index (χ1n) is 4.89. The van der Waals surface area contributed by atoms with Gasteiger partial charge in [-0.3, -0.25) is 0 Å². The largest absolute Gasteiger partial charge is 0.397 e. The van der Waals surface area contributed by atoms with Crippen LogP contribution in [0.25, 0.3) is 0 Å². The van der Waals surface area contributed by atoms with E-state index in [0.717, 1.165) is 18.7 Å². The third-order valence-corrected chi connectivity index (χ3v) is 2.44. The first kappa shape index (κ1) is 9.27. The molecular weight excluding hydrogens is 178 g/mol. The predicted molar refractivity (Wildman–Crippen MR) is 55.9 cm³/mol. The Kier molecular flexibility index (Phi) is 2.54. The molecule has 1 aromatic heterocycles. The van der Waals surface area contributed by atoms with Crippen LogP contribution in [0.3, 0.4) is 0 Å². The van der Waals surface area contributed by atoms with E-state index in [-0.39, 0.29) is 6.10 Å². The molecule has 1 unspecified atom stereocenters. The summed E-state index contributed by atoms with van der Waals surface area (Å²) in [6, 6.07) is 3.60. The molecule has 0 spiro atoms. The number of nitrogens with zero attached hydrogens (tertiary/aromatic N) is 1. The molecule has 1 atom stereocenters. The van der Waals surface area contributed by atoms with Crippen LogP contribution < -0.4 is 11.1 Å². The van der Waals surface area contributed by atoms with Gasteiger partial charge in [-0.05, 0) is 30.9 Å². The maximum absolute atomic E-state index is 9.59. The minimum Gasteiger partial charge on any atom is -0.397 e. The highest BCUT2D eigenvalue weighted by molar-refractivity contribution is 5.43. The molecule has 1 saturated carbocycles. The van der Waals surface area contributed by atoms with Crippen LogP contribution in [-0.2, 0) is 0 Å². The molecule has 1 heterocycles. The molecule has 2 rings (SSSR count). The van der Waals surface area contributed by atoms with Gasteiger partial charge in [0.05, 0.1) is 18.0 Å². The van der Waals surface area contributed by atoms with E-state index >= 15 is 0 Å². The number of hydrogen-bond donors (Lipinski definition) is 3. The number of anilines is 2. The van der Waals surface area contributed by atoms with Crippen LogP contribution in [0.1, 0.15) is 12.8 Å². The van der Waals surface area contributed by atoms with Crippen LogP contribution in [0.15, 0.2) is 18.3 Å². The number of pyridine rings is 1. The molecule has 0 saturated heterocycles. The fraction of sp³-hybridized carbons (Fsp3) is 0.500. The highest BCUT2D eigenvalue weighted by Gasteiger charge is 2.29. The van der Waals surface area contributed by atoms with Crippen molar-refractivity contribution in [1.82, 2.24) is 4.98 Å². The highest BCUT2D eigenvalue weighted by atomic mass is 16.3. The van der Waals surface area contributed by atoms with Gasteiger partial charge in [0.15, 0.2) is 0 Å². The number of rotatable bonds is 4. The summed E-state index contributed by atoms with van der Waals surface area (Å²) in [5.41, 5.74) is 6.15. The second kappa shape index (κ2) is 3.84. The quantitative estimate of drug-likeness (QED) is 0.663. The first-order chi connectivity index (χ1) is 6.75. The Morgan fingerprint density at radius 1 is 1.57 bits per heavy atom.